The highest BCUT2D eigenvalue weighted by atomic mass is 35.5. The molecule has 0 fully saturated rings. The maximum atomic E-state index is 12.7. The maximum absolute atomic E-state index is 12.7. The molecule has 0 saturated carbocycles. The van der Waals surface area contributed by atoms with E-state index < -0.39 is 11.2 Å². The van der Waals surface area contributed by atoms with Gasteiger partial charge in [0.05, 0.1) is 23.3 Å². The lowest BCUT2D eigenvalue weighted by Gasteiger charge is -2.14. The molecule has 0 spiro atoms. The zero-order valence-corrected chi connectivity index (χ0v) is 17.9. The van der Waals surface area contributed by atoms with Crippen molar-refractivity contribution in [3.8, 4) is 17.4 Å². The number of thioether (sulfide) groups is 1. The summed E-state index contributed by atoms with van der Waals surface area (Å²) in [4.78, 5) is 12.7. The molecule has 0 aliphatic carbocycles. The number of amides is 1. The first-order valence-corrected chi connectivity index (χ1v) is 10.0. The number of rotatable bonds is 6. The van der Waals surface area contributed by atoms with Crippen molar-refractivity contribution in [3.05, 3.63) is 52.5 Å². The number of ether oxygens (including phenoxy) is 1. The molecule has 1 N–H and O–H groups in total. The fourth-order valence-electron chi connectivity index (χ4n) is 2.57. The number of hydrogen-bond donors (Lipinski definition) is 1. The minimum absolute atomic E-state index is 0.218. The minimum Gasteiger partial charge on any atom is -0.538 e. The van der Waals surface area contributed by atoms with Gasteiger partial charge in [0.1, 0.15) is 5.75 Å². The molecule has 3 aromatic rings. The predicted octanol–water partition coefficient (Wildman–Crippen LogP) is 3.42. The molecule has 0 aliphatic rings. The number of methoxy groups -OCH3 is 1. The second kappa shape index (κ2) is 8.75. The van der Waals surface area contributed by atoms with Crippen LogP contribution in [-0.2, 0) is 4.79 Å². The number of aromatic nitrogens is 2. The smallest absolute Gasteiger partial charge is 0.298 e. The van der Waals surface area contributed by atoms with Crippen LogP contribution in [0.3, 0.4) is 0 Å². The van der Waals surface area contributed by atoms with E-state index in [9.17, 15) is 9.90 Å². The van der Waals surface area contributed by atoms with E-state index in [-0.39, 0.29) is 10.9 Å². The van der Waals surface area contributed by atoms with Crippen LogP contribution in [0.25, 0.3) is 5.69 Å². The lowest BCUT2D eigenvalue weighted by molar-refractivity contribution is -0.705. The molecule has 0 bridgehead atoms. The molecule has 2 aromatic carbocycles. The Kier molecular flexibility index (Phi) is 6.34. The second-order valence-electron chi connectivity index (χ2n) is 6.46. The summed E-state index contributed by atoms with van der Waals surface area (Å²) >= 11 is 7.18. The van der Waals surface area contributed by atoms with Crippen molar-refractivity contribution in [2.24, 2.45) is 0 Å². The Balaban J connectivity index is 1.80. The van der Waals surface area contributed by atoms with Gasteiger partial charge in [0.25, 0.3) is 5.03 Å². The molecule has 0 aliphatic heterocycles. The van der Waals surface area contributed by atoms with E-state index >= 15 is 0 Å². The van der Waals surface area contributed by atoms with Gasteiger partial charge in [-0.2, -0.15) is 0 Å². The van der Waals surface area contributed by atoms with Gasteiger partial charge in [0.2, 0.25) is 11.6 Å². The second-order valence-corrected chi connectivity index (χ2v) is 8.20. The summed E-state index contributed by atoms with van der Waals surface area (Å²) < 4.78 is 11.5. The normalized spacial score (nSPS) is 11.9. The molecule has 152 valence electrons. The van der Waals surface area contributed by atoms with E-state index in [4.69, 9.17) is 20.9 Å². The van der Waals surface area contributed by atoms with Gasteiger partial charge in [-0.1, -0.05) is 29.3 Å². The number of nitrogens with zero attached hydrogens (tertiary/aromatic N) is 2. The Bertz CT molecular complexity index is 1040. The molecule has 3 rings (SSSR count). The van der Waals surface area contributed by atoms with Crippen molar-refractivity contribution in [2.45, 2.75) is 31.0 Å². The highest BCUT2D eigenvalue weighted by Gasteiger charge is 2.27. The van der Waals surface area contributed by atoms with Crippen LogP contribution in [0.15, 0.2) is 45.9 Å². The molecule has 29 heavy (non-hydrogen) atoms. The van der Waals surface area contributed by atoms with Crippen LogP contribution in [-0.4, -0.2) is 23.5 Å². The summed E-state index contributed by atoms with van der Waals surface area (Å²) in [5.41, 5.74) is 3.06. The van der Waals surface area contributed by atoms with E-state index in [0.717, 1.165) is 22.9 Å². The summed E-state index contributed by atoms with van der Waals surface area (Å²) in [5.74, 6) is -0.448. The first kappa shape index (κ1) is 21.0. The Hall–Kier alpha value is -2.71. The molecule has 9 heteroatoms. The molecule has 1 aromatic heterocycles. The average Bonchev–Trinajstić information content (AvgIpc) is 3.05. The van der Waals surface area contributed by atoms with Crippen molar-refractivity contribution < 1.29 is 23.8 Å². The van der Waals surface area contributed by atoms with Crippen molar-refractivity contribution in [1.29, 1.82) is 0 Å². The molecule has 0 radical (unpaired) electrons. The third-order valence-corrected chi connectivity index (χ3v) is 5.78. The number of carbonyl (C=O) groups is 1. The number of benzene rings is 2. The van der Waals surface area contributed by atoms with Crippen LogP contribution < -0.4 is 19.8 Å². The van der Waals surface area contributed by atoms with Crippen molar-refractivity contribution >= 4 is 35.0 Å². The Morgan fingerprint density at radius 2 is 2.00 bits per heavy atom. The van der Waals surface area contributed by atoms with Crippen LogP contribution >= 0.6 is 23.4 Å². The van der Waals surface area contributed by atoms with Crippen molar-refractivity contribution in [1.82, 2.24) is 5.27 Å². The summed E-state index contributed by atoms with van der Waals surface area (Å²) in [5, 5.41) is 18.9. The molecule has 1 heterocycles. The first-order chi connectivity index (χ1) is 13.8. The van der Waals surface area contributed by atoms with Gasteiger partial charge in [-0.15, -0.1) is 0 Å². The summed E-state index contributed by atoms with van der Waals surface area (Å²) in [6.45, 7) is 5.49. The number of carbonyl (C=O) groups excluding carboxylic acids is 1. The van der Waals surface area contributed by atoms with E-state index in [0.29, 0.717) is 22.1 Å². The molecule has 0 saturated heterocycles. The largest absolute Gasteiger partial charge is 0.538 e. The summed E-state index contributed by atoms with van der Waals surface area (Å²) in [6, 6.07) is 10.8. The number of aryl methyl sites for hydroxylation is 2. The third-order valence-electron chi connectivity index (χ3n) is 4.25. The number of hydrogen-bond acceptors (Lipinski definition) is 6. The minimum atomic E-state index is -0.602. The van der Waals surface area contributed by atoms with Gasteiger partial charge in [-0.25, -0.2) is 0 Å². The first-order valence-electron chi connectivity index (χ1n) is 8.78. The number of anilines is 1. The van der Waals surface area contributed by atoms with E-state index in [2.05, 4.69) is 10.6 Å². The molecule has 1 unspecified atom stereocenters. The van der Waals surface area contributed by atoms with Crippen LogP contribution in [0.4, 0.5) is 5.69 Å². The average molecular weight is 434 g/mol. The zero-order valence-electron chi connectivity index (χ0n) is 16.4. The summed E-state index contributed by atoms with van der Waals surface area (Å²) in [6.07, 6.45) is 0. The van der Waals surface area contributed by atoms with Crippen molar-refractivity contribution in [2.75, 3.05) is 12.4 Å². The predicted molar refractivity (Wildman–Crippen MR) is 109 cm³/mol. The highest BCUT2D eigenvalue weighted by molar-refractivity contribution is 8.00. The van der Waals surface area contributed by atoms with Crippen LogP contribution in [0.1, 0.15) is 18.1 Å². The molecular weight excluding hydrogens is 414 g/mol. The van der Waals surface area contributed by atoms with Crippen LogP contribution in [0.2, 0.25) is 5.02 Å². The fourth-order valence-corrected chi connectivity index (χ4v) is 3.60. The maximum Gasteiger partial charge on any atom is 0.298 e. The Labute approximate surface area is 177 Å². The van der Waals surface area contributed by atoms with Gasteiger partial charge < -0.3 is 19.7 Å². The van der Waals surface area contributed by atoms with Gasteiger partial charge in [0.15, 0.2) is 5.95 Å². The number of nitrogens with one attached hydrogen (secondary N) is 1. The molecular formula is C20H20ClN3O4S. The standard InChI is InChI=1S/C20H20ClN3O4S/c1-11-5-7-14(8-6-11)24-19(20(26)28-23-24)29-13(3)18(25)22-16-9-12(2)15(21)10-17(16)27-4/h5-10,13H,1-4H3,(H-,22,23,25,26). The SMILES string of the molecule is COc1cc(Cl)c(C)cc1NC(=O)C(C)Sc1c([O-])on[n+]1-c1ccc(C)cc1. The third kappa shape index (κ3) is 4.65. The zero-order chi connectivity index (χ0) is 21.1. The van der Waals surface area contributed by atoms with Gasteiger partial charge in [-0.3, -0.25) is 4.79 Å². The Morgan fingerprint density at radius 3 is 2.66 bits per heavy atom. The lowest BCUT2D eigenvalue weighted by Crippen LogP contribution is -2.36. The van der Waals surface area contributed by atoms with Crippen LogP contribution in [0.5, 0.6) is 11.7 Å². The molecule has 7 nitrogen and oxygen atoms in total. The van der Waals surface area contributed by atoms with Crippen LogP contribution in [0, 0.1) is 13.8 Å². The fraction of sp³-hybridized carbons (Fsp3) is 0.250. The quantitative estimate of drug-likeness (QED) is 0.473. The van der Waals surface area contributed by atoms with E-state index in [1.54, 1.807) is 19.1 Å². The summed E-state index contributed by atoms with van der Waals surface area (Å²) in [7, 11) is 1.50. The Morgan fingerprint density at radius 1 is 1.31 bits per heavy atom. The van der Waals surface area contributed by atoms with E-state index in [1.165, 1.54) is 11.8 Å². The van der Waals surface area contributed by atoms with E-state index in [1.807, 2.05) is 38.1 Å². The van der Waals surface area contributed by atoms with Crippen molar-refractivity contribution in [3.63, 3.8) is 0 Å². The highest BCUT2D eigenvalue weighted by Crippen LogP contribution is 2.33. The monoisotopic (exact) mass is 433 g/mol. The van der Waals surface area contributed by atoms with Gasteiger partial charge in [-0.05, 0) is 48.8 Å². The number of halogens is 1. The van der Waals surface area contributed by atoms with Gasteiger partial charge in [0, 0.05) is 23.2 Å². The molecule has 1 atom stereocenters. The lowest BCUT2D eigenvalue weighted by atomic mass is 10.2. The topological polar surface area (TPSA) is 91.3 Å². The molecule has 1 amide bonds. The van der Waals surface area contributed by atoms with Gasteiger partial charge >= 0.3 is 0 Å².